The third-order valence-electron chi connectivity index (χ3n) is 7.68. The lowest BCUT2D eigenvalue weighted by Gasteiger charge is -2.30. The Bertz CT molecular complexity index is 1270. The molecule has 3 aromatic rings. The normalized spacial score (nSPS) is 23.1. The van der Waals surface area contributed by atoms with Gasteiger partial charge in [0.25, 0.3) is 0 Å². The molecule has 0 amide bonds. The number of aromatic nitrogens is 1. The Kier molecular flexibility index (Phi) is 5.30. The average Bonchev–Trinajstić information content (AvgIpc) is 3.58. The highest BCUT2D eigenvalue weighted by atomic mass is 19.1. The maximum absolute atomic E-state index is 15.6. The van der Waals surface area contributed by atoms with Crippen molar-refractivity contribution in [1.82, 2.24) is 9.88 Å². The van der Waals surface area contributed by atoms with E-state index in [1.807, 2.05) is 25.1 Å². The SMILES string of the molecule is Cc1c(-c2nc3cc4c(c(F)c3o2)CC[C@H]4N2CC[C@@H](C(=O)O)C2)cccc1N1CCOCC1. The van der Waals surface area contributed by atoms with Gasteiger partial charge in [-0.2, -0.15) is 0 Å². The number of benzene rings is 2. The van der Waals surface area contributed by atoms with Crippen LogP contribution in [0.25, 0.3) is 22.6 Å². The summed E-state index contributed by atoms with van der Waals surface area (Å²) in [6, 6.07) is 8.03. The van der Waals surface area contributed by atoms with Gasteiger partial charge in [-0.25, -0.2) is 9.37 Å². The van der Waals surface area contributed by atoms with E-state index in [0.717, 1.165) is 48.4 Å². The van der Waals surface area contributed by atoms with Crippen LogP contribution in [0.2, 0.25) is 0 Å². The molecule has 0 radical (unpaired) electrons. The molecule has 0 spiro atoms. The lowest BCUT2D eigenvalue weighted by molar-refractivity contribution is -0.141. The van der Waals surface area contributed by atoms with Crippen molar-refractivity contribution in [2.75, 3.05) is 44.3 Å². The molecule has 6 rings (SSSR count). The topological polar surface area (TPSA) is 79.0 Å². The van der Waals surface area contributed by atoms with E-state index >= 15 is 4.39 Å². The molecule has 3 heterocycles. The third kappa shape index (κ3) is 3.47. The van der Waals surface area contributed by atoms with Crippen LogP contribution in [-0.4, -0.2) is 60.4 Å². The van der Waals surface area contributed by atoms with Crippen molar-refractivity contribution in [3.8, 4) is 11.5 Å². The predicted octanol–water partition coefficient (Wildman–Crippen LogP) is 4.17. The number of carboxylic acids is 1. The second-order valence-electron chi connectivity index (χ2n) is 9.55. The molecule has 1 N–H and O–H groups in total. The first-order valence-electron chi connectivity index (χ1n) is 12.0. The Labute approximate surface area is 197 Å². The number of halogens is 1. The first-order chi connectivity index (χ1) is 16.5. The van der Waals surface area contributed by atoms with Crippen LogP contribution in [0.1, 0.15) is 35.6 Å². The molecular weight excluding hydrogens is 437 g/mol. The summed E-state index contributed by atoms with van der Waals surface area (Å²) in [5.74, 6) is -1.00. The Hall–Kier alpha value is -2.97. The van der Waals surface area contributed by atoms with Crippen molar-refractivity contribution >= 4 is 22.8 Å². The molecule has 0 unspecified atom stereocenters. The zero-order valence-corrected chi connectivity index (χ0v) is 19.2. The minimum Gasteiger partial charge on any atom is -0.481 e. The van der Waals surface area contributed by atoms with E-state index < -0.39 is 5.97 Å². The molecule has 0 saturated carbocycles. The van der Waals surface area contributed by atoms with Crippen LogP contribution in [0.3, 0.4) is 0 Å². The van der Waals surface area contributed by atoms with E-state index in [4.69, 9.17) is 14.1 Å². The molecule has 34 heavy (non-hydrogen) atoms. The van der Waals surface area contributed by atoms with Crippen LogP contribution in [0, 0.1) is 18.7 Å². The second kappa shape index (κ2) is 8.36. The van der Waals surface area contributed by atoms with Crippen molar-refractivity contribution in [3.05, 3.63) is 46.8 Å². The fourth-order valence-corrected chi connectivity index (χ4v) is 5.84. The molecule has 178 valence electrons. The fourth-order valence-electron chi connectivity index (χ4n) is 5.84. The first-order valence-corrected chi connectivity index (χ1v) is 12.0. The highest BCUT2D eigenvalue weighted by Crippen LogP contribution is 2.43. The van der Waals surface area contributed by atoms with Crippen LogP contribution in [0.5, 0.6) is 0 Å². The van der Waals surface area contributed by atoms with Crippen molar-refractivity contribution < 1.29 is 23.4 Å². The highest BCUT2D eigenvalue weighted by Gasteiger charge is 2.37. The number of rotatable bonds is 4. The average molecular weight is 466 g/mol. The summed E-state index contributed by atoms with van der Waals surface area (Å²) in [6.07, 6.45) is 2.05. The number of nitrogens with zero attached hydrogens (tertiary/aromatic N) is 3. The molecule has 2 atom stereocenters. The molecule has 7 nitrogen and oxygen atoms in total. The summed E-state index contributed by atoms with van der Waals surface area (Å²) in [5.41, 5.74) is 5.36. The molecule has 2 fully saturated rings. The summed E-state index contributed by atoms with van der Waals surface area (Å²) < 4.78 is 27.1. The Balaban J connectivity index is 1.36. The van der Waals surface area contributed by atoms with Crippen LogP contribution >= 0.6 is 0 Å². The first kappa shape index (κ1) is 21.6. The number of morpholine rings is 1. The van der Waals surface area contributed by atoms with Crippen LogP contribution in [0.4, 0.5) is 10.1 Å². The largest absolute Gasteiger partial charge is 0.481 e. The molecule has 3 aliphatic rings. The van der Waals surface area contributed by atoms with E-state index in [-0.39, 0.29) is 23.4 Å². The Morgan fingerprint density at radius 2 is 2.03 bits per heavy atom. The van der Waals surface area contributed by atoms with Crippen LogP contribution < -0.4 is 4.90 Å². The van der Waals surface area contributed by atoms with Crippen molar-refractivity contribution in [3.63, 3.8) is 0 Å². The van der Waals surface area contributed by atoms with E-state index in [1.165, 1.54) is 0 Å². The number of carboxylic acid groups (broad SMARTS) is 1. The quantitative estimate of drug-likeness (QED) is 0.619. The summed E-state index contributed by atoms with van der Waals surface area (Å²) >= 11 is 0. The van der Waals surface area contributed by atoms with E-state index in [0.29, 0.717) is 49.6 Å². The summed E-state index contributed by atoms with van der Waals surface area (Å²) in [6.45, 7) is 6.35. The minimum atomic E-state index is -0.752. The number of ether oxygens (including phenoxy) is 1. The summed E-state index contributed by atoms with van der Waals surface area (Å²) in [5, 5.41) is 9.37. The monoisotopic (exact) mass is 465 g/mol. The van der Waals surface area contributed by atoms with Crippen molar-refractivity contribution in [2.24, 2.45) is 5.92 Å². The van der Waals surface area contributed by atoms with Gasteiger partial charge in [0.1, 0.15) is 5.52 Å². The number of fused-ring (bicyclic) bond motifs is 2. The van der Waals surface area contributed by atoms with Gasteiger partial charge >= 0.3 is 5.97 Å². The molecule has 8 heteroatoms. The molecule has 2 aromatic carbocycles. The minimum absolute atomic E-state index is 0.0322. The van der Waals surface area contributed by atoms with Crippen molar-refractivity contribution in [2.45, 2.75) is 32.2 Å². The maximum atomic E-state index is 15.6. The van der Waals surface area contributed by atoms with Gasteiger partial charge in [-0.15, -0.1) is 0 Å². The number of carbonyl (C=O) groups is 1. The van der Waals surface area contributed by atoms with E-state index in [2.05, 4.69) is 15.9 Å². The highest BCUT2D eigenvalue weighted by molar-refractivity contribution is 5.81. The van der Waals surface area contributed by atoms with Gasteiger partial charge in [-0.05, 0) is 67.6 Å². The van der Waals surface area contributed by atoms with Crippen molar-refractivity contribution in [1.29, 1.82) is 0 Å². The number of aliphatic carboxylic acids is 1. The second-order valence-corrected chi connectivity index (χ2v) is 9.55. The molecule has 2 aliphatic heterocycles. The van der Waals surface area contributed by atoms with Gasteiger partial charge in [-0.1, -0.05) is 6.07 Å². The zero-order valence-electron chi connectivity index (χ0n) is 19.2. The maximum Gasteiger partial charge on any atom is 0.307 e. The van der Waals surface area contributed by atoms with E-state index in [1.54, 1.807) is 0 Å². The number of hydrogen-bond acceptors (Lipinski definition) is 6. The summed E-state index contributed by atoms with van der Waals surface area (Å²) in [4.78, 5) is 20.6. The standard InChI is InChI=1S/C26H28FN3O4/c1-15-17(3-2-4-21(15)29-9-11-33-12-10-29)25-28-20-13-19-18(23(27)24(20)34-25)5-6-22(19)30-8-7-16(14-30)26(31)32/h2-4,13,16,22H,5-12,14H2,1H3,(H,31,32)/t16-,22-/m1/s1. The smallest absolute Gasteiger partial charge is 0.307 e. The third-order valence-corrected chi connectivity index (χ3v) is 7.68. The lowest BCUT2D eigenvalue weighted by Crippen LogP contribution is -2.36. The van der Waals surface area contributed by atoms with Gasteiger partial charge in [-0.3, -0.25) is 9.69 Å². The van der Waals surface area contributed by atoms with Crippen LogP contribution in [-0.2, 0) is 16.0 Å². The number of anilines is 1. The summed E-state index contributed by atoms with van der Waals surface area (Å²) in [7, 11) is 0. The number of likely N-dealkylation sites (tertiary alicyclic amines) is 1. The Morgan fingerprint density at radius 1 is 1.21 bits per heavy atom. The van der Waals surface area contributed by atoms with Gasteiger partial charge < -0.3 is 19.2 Å². The number of oxazole rings is 1. The van der Waals surface area contributed by atoms with Gasteiger partial charge in [0.15, 0.2) is 11.4 Å². The lowest BCUT2D eigenvalue weighted by atomic mass is 10.1. The van der Waals surface area contributed by atoms with Crippen LogP contribution in [0.15, 0.2) is 28.7 Å². The predicted molar refractivity (Wildman–Crippen MR) is 126 cm³/mol. The molecule has 1 aromatic heterocycles. The fraction of sp³-hybridized carbons (Fsp3) is 0.462. The zero-order chi connectivity index (χ0) is 23.4. The van der Waals surface area contributed by atoms with E-state index in [9.17, 15) is 9.90 Å². The molecule has 2 saturated heterocycles. The van der Waals surface area contributed by atoms with Gasteiger partial charge in [0, 0.05) is 36.9 Å². The number of hydrogen-bond donors (Lipinski definition) is 1. The Morgan fingerprint density at radius 3 is 2.79 bits per heavy atom. The molecule has 1 aliphatic carbocycles. The van der Waals surface area contributed by atoms with Gasteiger partial charge in [0.05, 0.1) is 19.1 Å². The van der Waals surface area contributed by atoms with Gasteiger partial charge in [0.2, 0.25) is 5.89 Å². The molecule has 0 bridgehead atoms. The molecular formula is C26H28FN3O4.